The first-order chi connectivity index (χ1) is 8.63. The third-order valence-electron chi connectivity index (χ3n) is 3.75. The highest BCUT2D eigenvalue weighted by Gasteiger charge is 2.12. The van der Waals surface area contributed by atoms with Crippen LogP contribution in [0.2, 0.25) is 0 Å². The summed E-state index contributed by atoms with van der Waals surface area (Å²) >= 11 is 0. The van der Waals surface area contributed by atoms with Gasteiger partial charge >= 0.3 is 0 Å². The van der Waals surface area contributed by atoms with E-state index in [1.54, 1.807) is 14.2 Å². The molecule has 3 nitrogen and oxygen atoms in total. The molecule has 0 aliphatic carbocycles. The van der Waals surface area contributed by atoms with Crippen molar-refractivity contribution in [1.82, 2.24) is 0 Å². The van der Waals surface area contributed by atoms with Gasteiger partial charge in [-0.25, -0.2) is 0 Å². The second-order valence-corrected chi connectivity index (χ2v) is 5.53. The maximum absolute atomic E-state index is 5.95. The van der Waals surface area contributed by atoms with Gasteiger partial charge in [0.25, 0.3) is 0 Å². The molecule has 0 aliphatic heterocycles. The molecule has 3 heteroatoms. The summed E-state index contributed by atoms with van der Waals surface area (Å²) in [7, 11) is 3.54. The second-order valence-electron chi connectivity index (χ2n) is 5.53. The molecule has 0 amide bonds. The van der Waals surface area contributed by atoms with Crippen LogP contribution in [0, 0.1) is 11.8 Å². The lowest BCUT2D eigenvalue weighted by Gasteiger charge is -2.19. The van der Waals surface area contributed by atoms with Crippen molar-refractivity contribution in [1.29, 1.82) is 0 Å². The van der Waals surface area contributed by atoms with Crippen molar-refractivity contribution < 1.29 is 9.47 Å². The zero-order chi connectivity index (χ0) is 13.8. The number of ether oxygens (including phenoxy) is 2. The summed E-state index contributed by atoms with van der Waals surface area (Å²) in [5, 5.41) is 0. The van der Waals surface area contributed by atoms with Crippen LogP contribution in [-0.2, 0) is 9.47 Å². The Labute approximate surface area is 113 Å². The zero-order valence-corrected chi connectivity index (χ0v) is 12.8. The standard InChI is InChI=1S/C15H33NO2/c1-5-15(16)9-7-13(2)6-8-14(12-18-4)10-11-17-3/h13-15H,5-12,16H2,1-4H3. The number of hydrogen-bond donors (Lipinski definition) is 1. The smallest absolute Gasteiger partial charge is 0.0491 e. The minimum atomic E-state index is 0.385. The van der Waals surface area contributed by atoms with E-state index in [0.717, 1.165) is 38.4 Å². The SMILES string of the molecule is CCC(N)CCC(C)CCC(CCOC)COC. The van der Waals surface area contributed by atoms with Crippen molar-refractivity contribution in [3.8, 4) is 0 Å². The first-order valence-corrected chi connectivity index (χ1v) is 7.37. The Hall–Kier alpha value is -0.120. The van der Waals surface area contributed by atoms with Gasteiger partial charge in [-0.2, -0.15) is 0 Å². The van der Waals surface area contributed by atoms with Crippen molar-refractivity contribution in [3.05, 3.63) is 0 Å². The Balaban J connectivity index is 3.73. The average Bonchev–Trinajstić information content (AvgIpc) is 2.39. The van der Waals surface area contributed by atoms with Crippen molar-refractivity contribution in [2.75, 3.05) is 27.4 Å². The van der Waals surface area contributed by atoms with Gasteiger partial charge in [-0.3, -0.25) is 0 Å². The van der Waals surface area contributed by atoms with E-state index >= 15 is 0 Å². The largest absolute Gasteiger partial charge is 0.385 e. The molecule has 3 atom stereocenters. The van der Waals surface area contributed by atoms with E-state index in [-0.39, 0.29) is 0 Å². The summed E-state index contributed by atoms with van der Waals surface area (Å²) in [5.41, 5.74) is 5.95. The van der Waals surface area contributed by atoms with Crippen molar-refractivity contribution in [3.63, 3.8) is 0 Å². The first kappa shape index (κ1) is 17.9. The minimum Gasteiger partial charge on any atom is -0.385 e. The molecule has 0 aromatic heterocycles. The molecule has 3 unspecified atom stereocenters. The average molecular weight is 259 g/mol. The van der Waals surface area contributed by atoms with Gasteiger partial charge < -0.3 is 15.2 Å². The van der Waals surface area contributed by atoms with E-state index in [4.69, 9.17) is 15.2 Å². The van der Waals surface area contributed by atoms with Gasteiger partial charge in [0, 0.05) is 33.5 Å². The monoisotopic (exact) mass is 259 g/mol. The summed E-state index contributed by atoms with van der Waals surface area (Å²) in [4.78, 5) is 0. The summed E-state index contributed by atoms with van der Waals surface area (Å²) in [6.07, 6.45) is 7.11. The number of methoxy groups -OCH3 is 2. The van der Waals surface area contributed by atoms with Crippen LogP contribution >= 0.6 is 0 Å². The third kappa shape index (κ3) is 9.86. The van der Waals surface area contributed by atoms with Crippen LogP contribution in [-0.4, -0.2) is 33.5 Å². The summed E-state index contributed by atoms with van der Waals surface area (Å²) in [6.45, 7) is 6.19. The Bertz CT molecular complexity index is 176. The van der Waals surface area contributed by atoms with E-state index in [2.05, 4.69) is 13.8 Å². The number of nitrogens with two attached hydrogens (primary N) is 1. The molecule has 0 spiro atoms. The fraction of sp³-hybridized carbons (Fsp3) is 1.00. The van der Waals surface area contributed by atoms with Gasteiger partial charge in [0.05, 0.1) is 0 Å². The normalized spacial score (nSPS) is 16.5. The highest BCUT2D eigenvalue weighted by atomic mass is 16.5. The predicted molar refractivity (Wildman–Crippen MR) is 77.8 cm³/mol. The molecule has 110 valence electrons. The number of hydrogen-bond acceptors (Lipinski definition) is 3. The summed E-state index contributed by atoms with van der Waals surface area (Å²) in [6, 6.07) is 0.385. The van der Waals surface area contributed by atoms with Crippen LogP contribution in [0.1, 0.15) is 52.4 Å². The van der Waals surface area contributed by atoms with E-state index in [9.17, 15) is 0 Å². The van der Waals surface area contributed by atoms with E-state index in [1.165, 1.54) is 19.3 Å². The van der Waals surface area contributed by atoms with Gasteiger partial charge in [-0.1, -0.05) is 20.3 Å². The van der Waals surface area contributed by atoms with Crippen LogP contribution in [0.5, 0.6) is 0 Å². The molecular formula is C15H33NO2. The van der Waals surface area contributed by atoms with E-state index < -0.39 is 0 Å². The Kier molecular flexibility index (Phi) is 11.9. The molecule has 0 saturated carbocycles. The van der Waals surface area contributed by atoms with Gasteiger partial charge in [0.2, 0.25) is 0 Å². The Morgan fingerprint density at radius 3 is 2.17 bits per heavy atom. The van der Waals surface area contributed by atoms with Crippen molar-refractivity contribution in [2.45, 2.75) is 58.4 Å². The molecular weight excluding hydrogens is 226 g/mol. The topological polar surface area (TPSA) is 44.5 Å². The van der Waals surface area contributed by atoms with Crippen LogP contribution in [0.15, 0.2) is 0 Å². The Morgan fingerprint density at radius 2 is 1.61 bits per heavy atom. The molecule has 0 saturated heterocycles. The maximum Gasteiger partial charge on any atom is 0.0491 e. The Morgan fingerprint density at radius 1 is 0.944 bits per heavy atom. The highest BCUT2D eigenvalue weighted by Crippen LogP contribution is 2.20. The van der Waals surface area contributed by atoms with Crippen molar-refractivity contribution in [2.24, 2.45) is 17.6 Å². The van der Waals surface area contributed by atoms with E-state index in [0.29, 0.717) is 12.0 Å². The molecule has 0 aromatic rings. The molecule has 0 radical (unpaired) electrons. The van der Waals surface area contributed by atoms with Crippen molar-refractivity contribution >= 4 is 0 Å². The van der Waals surface area contributed by atoms with Gasteiger partial charge in [-0.05, 0) is 43.9 Å². The summed E-state index contributed by atoms with van der Waals surface area (Å²) in [5.74, 6) is 1.40. The lowest BCUT2D eigenvalue weighted by molar-refractivity contribution is 0.110. The fourth-order valence-electron chi connectivity index (χ4n) is 2.20. The fourth-order valence-corrected chi connectivity index (χ4v) is 2.20. The second kappa shape index (κ2) is 11.9. The lowest BCUT2D eigenvalue weighted by Crippen LogP contribution is -2.19. The molecule has 0 rings (SSSR count). The third-order valence-corrected chi connectivity index (χ3v) is 3.75. The highest BCUT2D eigenvalue weighted by molar-refractivity contribution is 4.65. The lowest BCUT2D eigenvalue weighted by atomic mass is 9.91. The molecule has 18 heavy (non-hydrogen) atoms. The van der Waals surface area contributed by atoms with Crippen LogP contribution < -0.4 is 5.73 Å². The van der Waals surface area contributed by atoms with Gasteiger partial charge in [0.15, 0.2) is 0 Å². The molecule has 0 aromatic carbocycles. The molecule has 0 fully saturated rings. The number of rotatable bonds is 12. The zero-order valence-electron chi connectivity index (χ0n) is 12.8. The van der Waals surface area contributed by atoms with Crippen LogP contribution in [0.25, 0.3) is 0 Å². The van der Waals surface area contributed by atoms with E-state index in [1.807, 2.05) is 0 Å². The van der Waals surface area contributed by atoms with Crippen LogP contribution in [0.4, 0.5) is 0 Å². The summed E-state index contributed by atoms with van der Waals surface area (Å²) < 4.78 is 10.4. The minimum absolute atomic E-state index is 0.385. The maximum atomic E-state index is 5.95. The van der Waals surface area contributed by atoms with Gasteiger partial charge in [-0.15, -0.1) is 0 Å². The molecule has 0 heterocycles. The van der Waals surface area contributed by atoms with Gasteiger partial charge in [0.1, 0.15) is 0 Å². The first-order valence-electron chi connectivity index (χ1n) is 7.37. The van der Waals surface area contributed by atoms with Crippen LogP contribution in [0.3, 0.4) is 0 Å². The molecule has 0 bridgehead atoms. The molecule has 2 N–H and O–H groups in total. The predicted octanol–water partition coefficient (Wildman–Crippen LogP) is 3.22. The molecule has 0 aliphatic rings. The quantitative estimate of drug-likeness (QED) is 0.585.